The van der Waals surface area contributed by atoms with Crippen LogP contribution < -0.4 is 9.47 Å². The second-order valence-corrected chi connectivity index (χ2v) is 5.62. The van der Waals surface area contributed by atoms with Crippen LogP contribution in [0.15, 0.2) is 60.1 Å². The smallest absolute Gasteiger partial charge is 0.174 e. The van der Waals surface area contributed by atoms with E-state index in [0.717, 1.165) is 26.3 Å². The molecule has 0 atom stereocenters. The molecule has 0 bridgehead atoms. The first kappa shape index (κ1) is 16.5. The third-order valence-corrected chi connectivity index (χ3v) is 3.60. The monoisotopic (exact) mass is 407 g/mol. The summed E-state index contributed by atoms with van der Waals surface area (Å²) in [5, 5.41) is 0. The van der Waals surface area contributed by atoms with Crippen LogP contribution in [0.5, 0.6) is 11.5 Å². The summed E-state index contributed by atoms with van der Waals surface area (Å²) in [6, 6.07) is 13.8. The Balaban J connectivity index is 2.29. The molecule has 2 rings (SSSR count). The Labute approximate surface area is 144 Å². The molecule has 3 nitrogen and oxygen atoms in total. The van der Waals surface area contributed by atoms with Gasteiger partial charge in [0.05, 0.1) is 15.9 Å². The van der Waals surface area contributed by atoms with E-state index in [1.54, 1.807) is 6.08 Å². The highest BCUT2D eigenvalue weighted by atomic mass is 127. The van der Waals surface area contributed by atoms with Crippen molar-refractivity contribution < 1.29 is 9.47 Å². The Morgan fingerprint density at radius 2 is 1.95 bits per heavy atom. The van der Waals surface area contributed by atoms with Gasteiger partial charge >= 0.3 is 0 Å². The van der Waals surface area contributed by atoms with Gasteiger partial charge in [0, 0.05) is 6.21 Å². The number of ether oxygens (including phenoxy) is 2. The molecule has 0 amide bonds. The molecular formula is C18H18INO2. The van der Waals surface area contributed by atoms with Gasteiger partial charge in [0.15, 0.2) is 11.5 Å². The van der Waals surface area contributed by atoms with Gasteiger partial charge in [-0.25, -0.2) is 0 Å². The molecule has 0 heterocycles. The van der Waals surface area contributed by atoms with Crippen molar-refractivity contribution in [3.63, 3.8) is 0 Å². The second-order valence-electron chi connectivity index (χ2n) is 4.46. The summed E-state index contributed by atoms with van der Waals surface area (Å²) in [6.07, 6.45) is 3.55. The Bertz CT molecular complexity index is 654. The normalized spacial score (nSPS) is 10.6. The van der Waals surface area contributed by atoms with Crippen molar-refractivity contribution in [1.82, 2.24) is 0 Å². The Kier molecular flexibility index (Phi) is 6.45. The molecule has 0 unspecified atom stereocenters. The molecule has 0 aliphatic rings. The molecule has 0 fully saturated rings. The Hall–Kier alpha value is -1.82. The van der Waals surface area contributed by atoms with Crippen LogP contribution in [-0.2, 0) is 0 Å². The van der Waals surface area contributed by atoms with Crippen LogP contribution in [0.2, 0.25) is 0 Å². The van der Waals surface area contributed by atoms with Crippen molar-refractivity contribution in [2.45, 2.75) is 6.92 Å². The molecule has 0 aromatic heterocycles. The van der Waals surface area contributed by atoms with E-state index in [4.69, 9.17) is 9.47 Å². The van der Waals surface area contributed by atoms with E-state index in [2.05, 4.69) is 34.2 Å². The van der Waals surface area contributed by atoms with Crippen LogP contribution in [0.25, 0.3) is 0 Å². The molecule has 4 heteroatoms. The van der Waals surface area contributed by atoms with E-state index in [-0.39, 0.29) is 0 Å². The van der Waals surface area contributed by atoms with Crippen LogP contribution in [0.3, 0.4) is 0 Å². The summed E-state index contributed by atoms with van der Waals surface area (Å²) < 4.78 is 12.4. The van der Waals surface area contributed by atoms with Gasteiger partial charge in [-0.3, -0.25) is 4.99 Å². The van der Waals surface area contributed by atoms with Gasteiger partial charge in [-0.15, -0.1) is 0 Å². The third kappa shape index (κ3) is 4.59. The van der Waals surface area contributed by atoms with Gasteiger partial charge in [-0.2, -0.15) is 0 Å². The highest BCUT2D eigenvalue weighted by Crippen LogP contribution is 2.34. The second kappa shape index (κ2) is 8.58. The maximum Gasteiger partial charge on any atom is 0.174 e. The largest absolute Gasteiger partial charge is 0.490 e. The lowest BCUT2D eigenvalue weighted by molar-refractivity contribution is 0.295. The van der Waals surface area contributed by atoms with Gasteiger partial charge < -0.3 is 9.47 Å². The zero-order valence-corrected chi connectivity index (χ0v) is 14.6. The molecule has 0 aliphatic heterocycles. The maximum atomic E-state index is 5.69. The lowest BCUT2D eigenvalue weighted by atomic mass is 10.2. The fourth-order valence-corrected chi connectivity index (χ4v) is 2.65. The molecule has 2 aromatic rings. The number of aliphatic imine (C=N–C) groups is 1. The van der Waals surface area contributed by atoms with Gasteiger partial charge in [-0.05, 0) is 59.3 Å². The average Bonchev–Trinajstić information content (AvgIpc) is 2.53. The molecule has 2 aromatic carbocycles. The van der Waals surface area contributed by atoms with Crippen molar-refractivity contribution in [2.75, 3.05) is 13.2 Å². The summed E-state index contributed by atoms with van der Waals surface area (Å²) in [7, 11) is 0. The summed E-state index contributed by atoms with van der Waals surface area (Å²) in [4.78, 5) is 4.47. The van der Waals surface area contributed by atoms with E-state index in [9.17, 15) is 0 Å². The summed E-state index contributed by atoms with van der Waals surface area (Å²) in [6.45, 7) is 6.66. The lowest BCUT2D eigenvalue weighted by Gasteiger charge is -2.13. The zero-order chi connectivity index (χ0) is 15.8. The van der Waals surface area contributed by atoms with Gasteiger partial charge in [0.2, 0.25) is 0 Å². The van der Waals surface area contributed by atoms with Gasteiger partial charge in [-0.1, -0.05) is 30.9 Å². The zero-order valence-electron chi connectivity index (χ0n) is 12.5. The van der Waals surface area contributed by atoms with Crippen molar-refractivity contribution in [1.29, 1.82) is 0 Å². The van der Waals surface area contributed by atoms with Gasteiger partial charge in [0.1, 0.15) is 6.61 Å². The van der Waals surface area contributed by atoms with Gasteiger partial charge in [0.25, 0.3) is 0 Å². The van der Waals surface area contributed by atoms with Crippen LogP contribution in [0, 0.1) is 3.57 Å². The topological polar surface area (TPSA) is 30.8 Å². The molecule has 22 heavy (non-hydrogen) atoms. The number of rotatable bonds is 7. The van der Waals surface area contributed by atoms with Crippen LogP contribution in [0.4, 0.5) is 5.69 Å². The predicted octanol–water partition coefficient (Wildman–Crippen LogP) is 5.01. The summed E-state index contributed by atoms with van der Waals surface area (Å²) in [5.41, 5.74) is 1.89. The van der Waals surface area contributed by atoms with E-state index < -0.39 is 0 Å². The molecule has 0 saturated heterocycles. The number of benzene rings is 2. The summed E-state index contributed by atoms with van der Waals surface area (Å²) >= 11 is 2.24. The number of hydrogen-bond donors (Lipinski definition) is 0. The number of hydrogen-bond acceptors (Lipinski definition) is 3. The standard InChI is InChI=1S/C18H18INO2/c1-3-10-22-18-16(19)11-14(12-17(18)21-4-2)13-20-15-8-6-5-7-9-15/h3,5-9,11-13H,1,4,10H2,2H3. The molecule has 0 spiro atoms. The maximum absolute atomic E-state index is 5.69. The molecule has 0 aliphatic carbocycles. The molecule has 0 radical (unpaired) electrons. The number of halogens is 1. The minimum Gasteiger partial charge on any atom is -0.490 e. The fraction of sp³-hybridized carbons (Fsp3) is 0.167. The minimum atomic E-state index is 0.452. The van der Waals surface area contributed by atoms with E-state index in [1.807, 2.05) is 55.6 Å². The SMILES string of the molecule is C=CCOc1c(I)cc(C=Nc2ccccc2)cc1OCC. The molecular weight excluding hydrogens is 389 g/mol. The van der Waals surface area contributed by atoms with Crippen molar-refractivity contribution in [2.24, 2.45) is 4.99 Å². The first-order valence-electron chi connectivity index (χ1n) is 7.03. The highest BCUT2D eigenvalue weighted by Gasteiger charge is 2.11. The van der Waals surface area contributed by atoms with E-state index in [0.29, 0.717) is 13.2 Å². The van der Waals surface area contributed by atoms with Crippen molar-refractivity contribution >= 4 is 34.5 Å². The summed E-state index contributed by atoms with van der Waals surface area (Å²) in [5.74, 6) is 1.48. The van der Waals surface area contributed by atoms with Crippen LogP contribution in [-0.4, -0.2) is 19.4 Å². The molecule has 0 saturated carbocycles. The van der Waals surface area contributed by atoms with Crippen LogP contribution >= 0.6 is 22.6 Å². The van der Waals surface area contributed by atoms with Crippen molar-refractivity contribution in [3.8, 4) is 11.5 Å². The van der Waals surface area contributed by atoms with E-state index in [1.165, 1.54) is 0 Å². The first-order valence-corrected chi connectivity index (χ1v) is 8.11. The Morgan fingerprint density at radius 1 is 1.18 bits per heavy atom. The quantitative estimate of drug-likeness (QED) is 0.367. The Morgan fingerprint density at radius 3 is 2.64 bits per heavy atom. The fourth-order valence-electron chi connectivity index (χ4n) is 1.87. The molecule has 0 N–H and O–H groups in total. The number of para-hydroxylation sites is 1. The first-order chi connectivity index (χ1) is 10.7. The lowest BCUT2D eigenvalue weighted by Crippen LogP contribution is -2.02. The predicted molar refractivity (Wildman–Crippen MR) is 99.7 cm³/mol. The van der Waals surface area contributed by atoms with Crippen molar-refractivity contribution in [3.05, 3.63) is 64.3 Å². The highest BCUT2D eigenvalue weighted by molar-refractivity contribution is 14.1. The minimum absolute atomic E-state index is 0.452. The van der Waals surface area contributed by atoms with Crippen LogP contribution in [0.1, 0.15) is 12.5 Å². The third-order valence-electron chi connectivity index (χ3n) is 2.80. The average molecular weight is 407 g/mol. The van der Waals surface area contributed by atoms with E-state index >= 15 is 0 Å². The number of nitrogens with zero attached hydrogens (tertiary/aromatic N) is 1. The molecule has 114 valence electrons.